The zero-order chi connectivity index (χ0) is 15.0. The second kappa shape index (κ2) is 5.43. The molecule has 0 aliphatic carbocycles. The molecule has 0 spiro atoms. The van der Waals surface area contributed by atoms with Crippen LogP contribution in [0.25, 0.3) is 0 Å². The van der Waals surface area contributed by atoms with E-state index in [0.717, 1.165) is 32.6 Å². The highest BCUT2D eigenvalue weighted by molar-refractivity contribution is 5.82. The molecule has 2 aliphatic heterocycles. The van der Waals surface area contributed by atoms with Gasteiger partial charge in [0.1, 0.15) is 0 Å². The average Bonchev–Trinajstić information content (AvgIpc) is 2.48. The Kier molecular flexibility index (Phi) is 3.76. The Labute approximate surface area is 127 Å². The predicted molar refractivity (Wildman–Crippen MR) is 84.1 cm³/mol. The van der Waals surface area contributed by atoms with Crippen LogP contribution < -0.4 is 5.32 Å². The van der Waals surface area contributed by atoms with Crippen molar-refractivity contribution in [2.24, 2.45) is 0 Å². The van der Waals surface area contributed by atoms with Crippen molar-refractivity contribution >= 4 is 5.91 Å². The van der Waals surface area contributed by atoms with Crippen LogP contribution in [-0.4, -0.2) is 54.0 Å². The molecule has 2 aliphatic rings. The fourth-order valence-corrected chi connectivity index (χ4v) is 3.28. The van der Waals surface area contributed by atoms with Gasteiger partial charge in [0.15, 0.2) is 0 Å². The van der Waals surface area contributed by atoms with E-state index >= 15 is 0 Å². The molecule has 0 saturated carbocycles. The minimum absolute atomic E-state index is 0.0560. The molecule has 2 heterocycles. The molecule has 3 rings (SSSR count). The highest BCUT2D eigenvalue weighted by Gasteiger charge is 2.36. The van der Waals surface area contributed by atoms with E-state index in [2.05, 4.69) is 55.4 Å². The largest absolute Gasteiger partial charge is 0.338 e. The van der Waals surface area contributed by atoms with E-state index in [9.17, 15) is 4.79 Å². The minimum Gasteiger partial charge on any atom is -0.338 e. The van der Waals surface area contributed by atoms with Gasteiger partial charge in [-0.1, -0.05) is 24.3 Å². The highest BCUT2D eigenvalue weighted by Crippen LogP contribution is 2.22. The highest BCUT2D eigenvalue weighted by atomic mass is 16.2. The molecule has 4 nitrogen and oxygen atoms in total. The number of likely N-dealkylation sites (N-methyl/N-ethyl adjacent to an activating group) is 1. The lowest BCUT2D eigenvalue weighted by Gasteiger charge is -2.46. The monoisotopic (exact) mass is 287 g/mol. The molecule has 0 aromatic heterocycles. The first-order valence-corrected chi connectivity index (χ1v) is 7.77. The van der Waals surface area contributed by atoms with Gasteiger partial charge in [0, 0.05) is 31.7 Å². The molecule has 114 valence electrons. The van der Waals surface area contributed by atoms with Gasteiger partial charge in [-0.15, -0.1) is 0 Å². The maximum Gasteiger partial charge on any atom is 0.240 e. The minimum atomic E-state index is -0.0703. The van der Waals surface area contributed by atoms with Crippen molar-refractivity contribution in [3.63, 3.8) is 0 Å². The van der Waals surface area contributed by atoms with E-state index in [1.807, 2.05) is 4.90 Å². The van der Waals surface area contributed by atoms with E-state index in [4.69, 9.17) is 0 Å². The van der Waals surface area contributed by atoms with Crippen molar-refractivity contribution in [3.05, 3.63) is 35.4 Å². The summed E-state index contributed by atoms with van der Waals surface area (Å²) >= 11 is 0. The zero-order valence-corrected chi connectivity index (χ0v) is 13.2. The lowest BCUT2D eigenvalue weighted by atomic mass is 9.94. The maximum atomic E-state index is 12.8. The normalized spacial score (nSPS) is 25.5. The summed E-state index contributed by atoms with van der Waals surface area (Å²) in [6.07, 6.45) is 0.807. The Bertz CT molecular complexity index is 541. The van der Waals surface area contributed by atoms with E-state index in [1.54, 1.807) is 0 Å². The van der Waals surface area contributed by atoms with Crippen LogP contribution in [0.1, 0.15) is 25.0 Å². The molecule has 1 amide bonds. The van der Waals surface area contributed by atoms with Crippen LogP contribution in [0.15, 0.2) is 24.3 Å². The topological polar surface area (TPSA) is 35.6 Å². The third-order valence-corrected chi connectivity index (χ3v) is 5.01. The smallest absolute Gasteiger partial charge is 0.240 e. The molecule has 1 fully saturated rings. The van der Waals surface area contributed by atoms with Gasteiger partial charge in [0.25, 0.3) is 0 Å². The van der Waals surface area contributed by atoms with Crippen molar-refractivity contribution in [1.29, 1.82) is 0 Å². The Balaban J connectivity index is 1.70. The van der Waals surface area contributed by atoms with Crippen LogP contribution in [0.3, 0.4) is 0 Å². The third-order valence-electron chi connectivity index (χ3n) is 5.01. The van der Waals surface area contributed by atoms with Crippen LogP contribution in [0, 0.1) is 0 Å². The first-order valence-electron chi connectivity index (χ1n) is 7.77. The number of carbonyl (C=O) groups excluding carboxylic acids is 1. The number of piperazine rings is 1. The average molecular weight is 287 g/mol. The van der Waals surface area contributed by atoms with E-state index in [-0.39, 0.29) is 17.5 Å². The van der Waals surface area contributed by atoms with Gasteiger partial charge in [-0.2, -0.15) is 0 Å². The number of benzene rings is 1. The van der Waals surface area contributed by atoms with Crippen LogP contribution in [-0.2, 0) is 17.8 Å². The first-order chi connectivity index (χ1) is 9.97. The zero-order valence-electron chi connectivity index (χ0n) is 13.2. The van der Waals surface area contributed by atoms with Gasteiger partial charge in [0.2, 0.25) is 5.91 Å². The Morgan fingerprint density at radius 1 is 1.24 bits per heavy atom. The fourth-order valence-electron chi connectivity index (χ4n) is 3.28. The summed E-state index contributed by atoms with van der Waals surface area (Å²) in [5.74, 6) is 0.255. The number of rotatable bonds is 1. The Morgan fingerprint density at radius 2 is 1.95 bits per heavy atom. The fraction of sp³-hybridized carbons (Fsp3) is 0.588. The summed E-state index contributed by atoms with van der Waals surface area (Å²) in [6, 6.07) is 8.34. The van der Waals surface area contributed by atoms with Gasteiger partial charge in [0.05, 0.1) is 6.04 Å². The first kappa shape index (κ1) is 14.5. The quantitative estimate of drug-likeness (QED) is 0.844. The second-order valence-electron chi connectivity index (χ2n) is 6.90. The Hall–Kier alpha value is -1.39. The molecular weight excluding hydrogens is 262 g/mol. The molecule has 1 saturated heterocycles. The van der Waals surface area contributed by atoms with Crippen LogP contribution in [0.4, 0.5) is 0 Å². The molecule has 0 unspecified atom stereocenters. The van der Waals surface area contributed by atoms with Crippen molar-refractivity contribution in [2.45, 2.75) is 38.4 Å². The SMILES string of the molecule is CN1CCN(C(=O)[C@@H]2Cc3ccccc3CN2)CC1(C)C. The summed E-state index contributed by atoms with van der Waals surface area (Å²) < 4.78 is 0. The number of fused-ring (bicyclic) bond motifs is 1. The van der Waals surface area contributed by atoms with Crippen LogP contribution >= 0.6 is 0 Å². The number of hydrogen-bond donors (Lipinski definition) is 1. The van der Waals surface area contributed by atoms with Crippen molar-refractivity contribution in [1.82, 2.24) is 15.1 Å². The van der Waals surface area contributed by atoms with Crippen molar-refractivity contribution in [2.75, 3.05) is 26.7 Å². The number of nitrogens with zero attached hydrogens (tertiary/aromatic N) is 2. The van der Waals surface area contributed by atoms with Gasteiger partial charge in [-0.3, -0.25) is 9.69 Å². The van der Waals surface area contributed by atoms with Crippen molar-refractivity contribution < 1.29 is 4.79 Å². The van der Waals surface area contributed by atoms with Gasteiger partial charge >= 0.3 is 0 Å². The number of amides is 1. The second-order valence-corrected chi connectivity index (χ2v) is 6.90. The lowest BCUT2D eigenvalue weighted by Crippen LogP contribution is -2.62. The third kappa shape index (κ3) is 2.83. The maximum absolute atomic E-state index is 12.8. The summed E-state index contributed by atoms with van der Waals surface area (Å²) in [5.41, 5.74) is 2.68. The summed E-state index contributed by atoms with van der Waals surface area (Å²) in [5, 5.41) is 3.41. The lowest BCUT2D eigenvalue weighted by molar-refractivity contribution is -0.138. The molecule has 1 aromatic rings. The van der Waals surface area contributed by atoms with Crippen LogP contribution in [0.5, 0.6) is 0 Å². The van der Waals surface area contributed by atoms with Crippen LogP contribution in [0.2, 0.25) is 0 Å². The van der Waals surface area contributed by atoms with E-state index in [0.29, 0.717) is 0 Å². The Morgan fingerprint density at radius 3 is 2.67 bits per heavy atom. The summed E-state index contributed by atoms with van der Waals surface area (Å²) in [6.45, 7) is 7.79. The van der Waals surface area contributed by atoms with Gasteiger partial charge < -0.3 is 10.2 Å². The molecule has 0 radical (unpaired) electrons. The van der Waals surface area contributed by atoms with Gasteiger partial charge in [-0.25, -0.2) is 0 Å². The molecule has 1 N–H and O–H groups in total. The summed E-state index contributed by atoms with van der Waals surface area (Å²) in [7, 11) is 2.14. The standard InChI is InChI=1S/C17H25N3O/c1-17(2)12-20(9-8-19(17)3)16(21)15-10-13-6-4-5-7-14(13)11-18-15/h4-7,15,18H,8-12H2,1-3H3/t15-/m0/s1. The van der Waals surface area contributed by atoms with Gasteiger partial charge in [-0.05, 0) is 38.4 Å². The predicted octanol–water partition coefficient (Wildman–Crippen LogP) is 1.25. The molecule has 1 atom stereocenters. The molecule has 21 heavy (non-hydrogen) atoms. The molecular formula is C17H25N3O. The molecule has 1 aromatic carbocycles. The van der Waals surface area contributed by atoms with E-state index < -0.39 is 0 Å². The molecule has 0 bridgehead atoms. The number of carbonyl (C=O) groups is 1. The summed E-state index contributed by atoms with van der Waals surface area (Å²) in [4.78, 5) is 17.2. The molecule has 4 heteroatoms. The number of hydrogen-bond acceptors (Lipinski definition) is 3. The van der Waals surface area contributed by atoms with Crippen molar-refractivity contribution in [3.8, 4) is 0 Å². The number of nitrogens with one attached hydrogen (secondary N) is 1. The van der Waals surface area contributed by atoms with E-state index in [1.165, 1.54) is 11.1 Å².